The molecule has 0 atom stereocenters. The monoisotopic (exact) mass is 415 g/mol. The Hall–Kier alpha value is -2.83. The van der Waals surface area contributed by atoms with E-state index in [1.807, 2.05) is 30.3 Å². The molecule has 0 saturated heterocycles. The summed E-state index contributed by atoms with van der Waals surface area (Å²) in [5.41, 5.74) is 0.988. The van der Waals surface area contributed by atoms with Crippen LogP contribution in [0.5, 0.6) is 11.5 Å². The number of ether oxygens (including phenoxy) is 2. The molecule has 28 heavy (non-hydrogen) atoms. The van der Waals surface area contributed by atoms with Crippen LogP contribution in [0.4, 0.5) is 0 Å². The molecule has 3 rings (SSSR count). The summed E-state index contributed by atoms with van der Waals surface area (Å²) in [5, 5.41) is 7.44. The second-order valence-electron chi connectivity index (χ2n) is 5.90. The number of halogens is 1. The van der Waals surface area contributed by atoms with E-state index in [0.29, 0.717) is 5.75 Å². The molecule has 1 N–H and O–H groups in total. The van der Waals surface area contributed by atoms with E-state index < -0.39 is 15.0 Å². The van der Waals surface area contributed by atoms with E-state index in [2.05, 4.69) is 0 Å². The van der Waals surface area contributed by atoms with Crippen molar-refractivity contribution in [3.05, 3.63) is 83.9 Å². The van der Waals surface area contributed by atoms with Crippen molar-refractivity contribution in [1.82, 2.24) is 0 Å². The van der Waals surface area contributed by atoms with Gasteiger partial charge in [0.1, 0.15) is 11.8 Å². The highest BCUT2D eigenvalue weighted by molar-refractivity contribution is 7.91. The molecule has 0 amide bonds. The van der Waals surface area contributed by atoms with Gasteiger partial charge in [-0.1, -0.05) is 60.1 Å². The number of methoxy groups -OCH3 is 1. The third-order valence-corrected chi connectivity index (χ3v) is 6.10. The minimum absolute atomic E-state index is 0.0504. The number of hydrogen-bond acceptors (Lipinski definition) is 5. The third-order valence-electron chi connectivity index (χ3n) is 4.08. The molecule has 0 aliphatic rings. The van der Waals surface area contributed by atoms with Crippen LogP contribution < -0.4 is 9.47 Å². The lowest BCUT2D eigenvalue weighted by Gasteiger charge is -2.16. The van der Waals surface area contributed by atoms with Crippen molar-refractivity contribution in [1.29, 1.82) is 5.41 Å². The predicted molar refractivity (Wildman–Crippen MR) is 108 cm³/mol. The van der Waals surface area contributed by atoms with Gasteiger partial charge >= 0.3 is 0 Å². The van der Waals surface area contributed by atoms with Gasteiger partial charge in [0, 0.05) is 11.6 Å². The topological polar surface area (TPSA) is 76.5 Å². The van der Waals surface area contributed by atoms with Gasteiger partial charge in [0.15, 0.2) is 11.5 Å². The average Bonchev–Trinajstić information content (AvgIpc) is 2.72. The Balaban J connectivity index is 2.06. The quantitative estimate of drug-likeness (QED) is 0.569. The molecule has 0 aliphatic heterocycles. The van der Waals surface area contributed by atoms with Gasteiger partial charge in [-0.3, -0.25) is 5.41 Å². The molecule has 5 nitrogen and oxygen atoms in total. The first-order valence-electron chi connectivity index (χ1n) is 8.37. The summed E-state index contributed by atoms with van der Waals surface area (Å²) in [6.45, 7) is 0.261. The van der Waals surface area contributed by atoms with Crippen LogP contribution in [0.2, 0.25) is 0 Å². The van der Waals surface area contributed by atoms with Crippen LogP contribution in [0.25, 0.3) is 0 Å². The minimum atomic E-state index is -3.89. The van der Waals surface area contributed by atoms with E-state index in [-0.39, 0.29) is 27.7 Å². The molecular formula is C21H18ClNO4S. The fraction of sp³-hybridized carbons (Fsp3) is 0.0952. The molecule has 3 aromatic rings. The summed E-state index contributed by atoms with van der Waals surface area (Å²) < 4.78 is 37.3. The fourth-order valence-electron chi connectivity index (χ4n) is 2.67. The maximum atomic E-state index is 13.1. The Morgan fingerprint density at radius 3 is 2.14 bits per heavy atom. The molecule has 0 spiro atoms. The van der Waals surface area contributed by atoms with Crippen LogP contribution in [0.3, 0.4) is 0 Å². The van der Waals surface area contributed by atoms with Crippen molar-refractivity contribution in [2.45, 2.75) is 16.4 Å². The Kier molecular flexibility index (Phi) is 6.02. The van der Waals surface area contributed by atoms with Crippen LogP contribution in [0.15, 0.2) is 82.6 Å². The standard InChI is InChI=1S/C21H18ClNO4S/c1-26-18-13-20(28(24,25)16-10-6-3-7-11-16)17(21(22)23)12-19(18)27-14-15-8-4-2-5-9-15/h2-13,23H,14H2,1H3. The maximum absolute atomic E-state index is 13.1. The van der Waals surface area contributed by atoms with Gasteiger partial charge in [0.25, 0.3) is 0 Å². The third kappa shape index (κ3) is 4.18. The number of nitrogens with one attached hydrogen (secondary N) is 1. The van der Waals surface area contributed by atoms with Gasteiger partial charge in [-0.15, -0.1) is 0 Å². The van der Waals surface area contributed by atoms with Gasteiger partial charge in [-0.25, -0.2) is 8.42 Å². The van der Waals surface area contributed by atoms with E-state index in [1.54, 1.807) is 18.2 Å². The Bertz CT molecular complexity index is 1080. The second-order valence-corrected chi connectivity index (χ2v) is 8.20. The second kappa shape index (κ2) is 8.46. The van der Waals surface area contributed by atoms with Crippen molar-refractivity contribution in [2.24, 2.45) is 0 Å². The molecule has 0 unspecified atom stereocenters. The summed E-state index contributed by atoms with van der Waals surface area (Å²) in [7, 11) is -2.47. The number of rotatable bonds is 7. The molecule has 7 heteroatoms. The lowest BCUT2D eigenvalue weighted by Crippen LogP contribution is -2.09. The molecule has 0 fully saturated rings. The van der Waals surface area contributed by atoms with E-state index in [1.165, 1.54) is 31.4 Å². The number of benzene rings is 3. The highest BCUT2D eigenvalue weighted by Crippen LogP contribution is 2.36. The van der Waals surface area contributed by atoms with Gasteiger partial charge in [0.05, 0.1) is 16.9 Å². The van der Waals surface area contributed by atoms with E-state index in [4.69, 9.17) is 26.5 Å². The molecule has 0 heterocycles. The zero-order chi connectivity index (χ0) is 20.1. The van der Waals surface area contributed by atoms with Gasteiger partial charge < -0.3 is 9.47 Å². The number of hydrogen-bond donors (Lipinski definition) is 1. The summed E-state index contributed by atoms with van der Waals surface area (Å²) in [5.74, 6) is 0.547. The number of sulfone groups is 1. The first-order valence-corrected chi connectivity index (χ1v) is 10.2. The molecule has 0 radical (unpaired) electrons. The molecule has 144 valence electrons. The summed E-state index contributed by atoms with van der Waals surface area (Å²) in [4.78, 5) is -0.00298. The highest BCUT2D eigenvalue weighted by atomic mass is 35.5. The van der Waals surface area contributed by atoms with Crippen molar-refractivity contribution in [2.75, 3.05) is 7.11 Å². The van der Waals surface area contributed by atoms with E-state index in [0.717, 1.165) is 5.56 Å². The predicted octanol–water partition coefficient (Wildman–Crippen LogP) is 4.67. The molecule has 0 saturated carbocycles. The normalized spacial score (nSPS) is 11.1. The first kappa shape index (κ1) is 19.9. The molecule has 0 aromatic heterocycles. The summed E-state index contributed by atoms with van der Waals surface area (Å²) >= 11 is 5.91. The average molecular weight is 416 g/mol. The van der Waals surface area contributed by atoms with Crippen molar-refractivity contribution in [3.63, 3.8) is 0 Å². The van der Waals surface area contributed by atoms with Gasteiger partial charge in [0.2, 0.25) is 9.84 Å². The van der Waals surface area contributed by atoms with E-state index in [9.17, 15) is 8.42 Å². The Morgan fingerprint density at radius 1 is 0.964 bits per heavy atom. The Morgan fingerprint density at radius 2 is 1.57 bits per heavy atom. The molecule has 3 aromatic carbocycles. The highest BCUT2D eigenvalue weighted by Gasteiger charge is 2.25. The van der Waals surface area contributed by atoms with Gasteiger partial charge in [-0.05, 0) is 23.8 Å². The van der Waals surface area contributed by atoms with Crippen molar-refractivity contribution in [3.8, 4) is 11.5 Å². The van der Waals surface area contributed by atoms with Crippen LogP contribution in [0.1, 0.15) is 11.1 Å². The van der Waals surface area contributed by atoms with Crippen LogP contribution in [0, 0.1) is 5.41 Å². The smallest absolute Gasteiger partial charge is 0.207 e. The SMILES string of the molecule is COc1cc(S(=O)(=O)c2ccccc2)c(C(=N)Cl)cc1OCc1ccccc1. The van der Waals surface area contributed by atoms with Crippen LogP contribution in [-0.2, 0) is 16.4 Å². The maximum Gasteiger partial charge on any atom is 0.207 e. The molecule has 0 aliphatic carbocycles. The lowest BCUT2D eigenvalue weighted by molar-refractivity contribution is 0.284. The molecular weight excluding hydrogens is 398 g/mol. The summed E-state index contributed by atoms with van der Waals surface area (Å²) in [6, 6.07) is 20.2. The Labute approximate surface area is 168 Å². The fourth-order valence-corrected chi connectivity index (χ4v) is 4.36. The minimum Gasteiger partial charge on any atom is -0.493 e. The summed E-state index contributed by atoms with van der Waals surface area (Å²) in [6.07, 6.45) is 0. The van der Waals surface area contributed by atoms with Crippen LogP contribution >= 0.6 is 11.6 Å². The van der Waals surface area contributed by atoms with E-state index >= 15 is 0 Å². The zero-order valence-corrected chi connectivity index (χ0v) is 16.6. The largest absolute Gasteiger partial charge is 0.493 e. The first-order chi connectivity index (χ1) is 13.4. The zero-order valence-electron chi connectivity index (χ0n) is 15.1. The van der Waals surface area contributed by atoms with Crippen molar-refractivity contribution >= 4 is 26.6 Å². The van der Waals surface area contributed by atoms with Gasteiger partial charge in [-0.2, -0.15) is 0 Å². The van der Waals surface area contributed by atoms with Crippen LogP contribution in [-0.4, -0.2) is 20.7 Å². The molecule has 0 bridgehead atoms. The lowest BCUT2D eigenvalue weighted by atomic mass is 10.2. The van der Waals surface area contributed by atoms with Crippen molar-refractivity contribution < 1.29 is 17.9 Å².